The summed E-state index contributed by atoms with van der Waals surface area (Å²) in [4.78, 5) is 38.1. The topological polar surface area (TPSA) is 87.1 Å². The van der Waals surface area contributed by atoms with E-state index in [0.29, 0.717) is 13.1 Å². The molecule has 1 unspecified atom stereocenters. The first-order valence-electron chi connectivity index (χ1n) is 10.6. The van der Waals surface area contributed by atoms with Crippen LogP contribution in [0.25, 0.3) is 0 Å². The van der Waals surface area contributed by atoms with Gasteiger partial charge >= 0.3 is 0 Å². The molecule has 0 aromatic carbocycles. The molecule has 1 saturated heterocycles. The number of hydrogen-bond donors (Lipinski definition) is 1. The second kappa shape index (κ2) is 6.71. The van der Waals surface area contributed by atoms with Crippen LogP contribution in [0.4, 0.5) is 0 Å². The summed E-state index contributed by atoms with van der Waals surface area (Å²) in [7, 11) is 0. The summed E-state index contributed by atoms with van der Waals surface area (Å²) in [5.74, 6) is 0.551. The van der Waals surface area contributed by atoms with Crippen LogP contribution in [0.15, 0.2) is 18.7 Å². The minimum atomic E-state index is -0.379. The molecule has 8 nitrogen and oxygen atoms in total. The number of nitrogens with one attached hydrogen (secondary N) is 1. The average molecular weight is 396 g/mol. The first kappa shape index (κ1) is 18.4. The highest BCUT2D eigenvalue weighted by molar-refractivity contribution is 5.83. The Labute approximate surface area is 170 Å². The van der Waals surface area contributed by atoms with E-state index in [9.17, 15) is 9.59 Å². The van der Waals surface area contributed by atoms with Crippen molar-refractivity contribution in [3.8, 4) is 0 Å². The first-order valence-corrected chi connectivity index (χ1v) is 10.6. The molecular weight excluding hydrogens is 368 g/mol. The van der Waals surface area contributed by atoms with E-state index in [-0.39, 0.29) is 29.3 Å². The number of aryl methyl sites for hydroxylation is 1. The van der Waals surface area contributed by atoms with Crippen LogP contribution >= 0.6 is 0 Å². The Hall–Kier alpha value is -2.64. The highest BCUT2D eigenvalue weighted by atomic mass is 16.2. The minimum absolute atomic E-state index is 0.0843. The summed E-state index contributed by atoms with van der Waals surface area (Å²) < 4.78 is 1.73. The van der Waals surface area contributed by atoms with E-state index in [1.54, 1.807) is 17.2 Å². The maximum Gasteiger partial charge on any atom is 0.247 e. The van der Waals surface area contributed by atoms with E-state index in [4.69, 9.17) is 0 Å². The molecule has 154 valence electrons. The quantitative estimate of drug-likeness (QED) is 0.857. The predicted molar refractivity (Wildman–Crippen MR) is 106 cm³/mol. The predicted octanol–water partition coefficient (Wildman–Crippen LogP) is 1.79. The van der Waals surface area contributed by atoms with E-state index < -0.39 is 0 Å². The Morgan fingerprint density at radius 3 is 2.66 bits per heavy atom. The standard InChI is InChI=1S/C21H28N6O2/c1-14-11-24-27(12-14)15(2)19(28)25-9-6-21(7-10-25)18-17(22-13-23-18)5-8-26(21)20(29)16-3-4-16/h11-13,15-16H,3-10H2,1-2H3,(H,22,23). The SMILES string of the molecule is Cc1cnn(C(C)C(=O)N2CCC3(CC2)c2nc[nH]c2CCN3C(=O)C2CC2)c1. The largest absolute Gasteiger partial charge is 0.348 e. The number of aromatic amines is 1. The van der Waals surface area contributed by atoms with Gasteiger partial charge < -0.3 is 14.8 Å². The fraction of sp³-hybridized carbons (Fsp3) is 0.619. The van der Waals surface area contributed by atoms with Crippen molar-refractivity contribution in [2.75, 3.05) is 19.6 Å². The summed E-state index contributed by atoms with van der Waals surface area (Å²) in [6.45, 7) is 5.87. The maximum atomic E-state index is 13.1. The van der Waals surface area contributed by atoms with Crippen LogP contribution in [-0.4, -0.2) is 61.0 Å². The van der Waals surface area contributed by atoms with Crippen LogP contribution in [0.1, 0.15) is 55.6 Å². The van der Waals surface area contributed by atoms with E-state index >= 15 is 0 Å². The summed E-state index contributed by atoms with van der Waals surface area (Å²) in [6, 6.07) is -0.325. The van der Waals surface area contributed by atoms with Gasteiger partial charge in [0.05, 0.1) is 23.8 Å². The molecule has 8 heteroatoms. The molecule has 1 aliphatic carbocycles. The van der Waals surface area contributed by atoms with Crippen LogP contribution in [0.5, 0.6) is 0 Å². The molecule has 29 heavy (non-hydrogen) atoms. The first-order chi connectivity index (χ1) is 14.0. The zero-order valence-electron chi connectivity index (χ0n) is 17.1. The highest BCUT2D eigenvalue weighted by Gasteiger charge is 2.51. The lowest BCUT2D eigenvalue weighted by molar-refractivity contribution is -0.146. The van der Waals surface area contributed by atoms with Crippen molar-refractivity contribution >= 4 is 11.8 Å². The maximum absolute atomic E-state index is 13.1. The van der Waals surface area contributed by atoms with Crippen molar-refractivity contribution in [3.63, 3.8) is 0 Å². The molecule has 0 bridgehead atoms. The minimum Gasteiger partial charge on any atom is -0.348 e. The number of carbonyl (C=O) groups is 2. The number of imidazole rings is 1. The van der Waals surface area contributed by atoms with Crippen LogP contribution in [0.3, 0.4) is 0 Å². The van der Waals surface area contributed by atoms with Gasteiger partial charge in [0, 0.05) is 43.9 Å². The molecule has 2 aliphatic heterocycles. The van der Waals surface area contributed by atoms with Crippen molar-refractivity contribution in [1.29, 1.82) is 0 Å². The van der Waals surface area contributed by atoms with Gasteiger partial charge in [-0.3, -0.25) is 14.3 Å². The number of hydrogen-bond acceptors (Lipinski definition) is 4. The number of amides is 2. The van der Waals surface area contributed by atoms with Crippen LogP contribution in [0, 0.1) is 12.8 Å². The third kappa shape index (κ3) is 2.96. The van der Waals surface area contributed by atoms with Crippen molar-refractivity contribution in [1.82, 2.24) is 29.5 Å². The summed E-state index contributed by atoms with van der Waals surface area (Å²) >= 11 is 0. The van der Waals surface area contributed by atoms with Gasteiger partial charge in [0.25, 0.3) is 0 Å². The zero-order chi connectivity index (χ0) is 20.2. The molecule has 1 saturated carbocycles. The van der Waals surface area contributed by atoms with E-state index in [0.717, 1.165) is 55.6 Å². The lowest BCUT2D eigenvalue weighted by Gasteiger charge is -2.50. The molecule has 2 aromatic rings. The number of piperidine rings is 1. The fourth-order valence-electron chi connectivity index (χ4n) is 4.98. The van der Waals surface area contributed by atoms with Gasteiger partial charge in [-0.2, -0.15) is 5.10 Å². The molecule has 5 rings (SSSR count). The van der Waals surface area contributed by atoms with Crippen molar-refractivity contribution < 1.29 is 9.59 Å². The van der Waals surface area contributed by atoms with Crippen LogP contribution < -0.4 is 0 Å². The van der Waals surface area contributed by atoms with Gasteiger partial charge in [0.15, 0.2) is 0 Å². The summed E-state index contributed by atoms with van der Waals surface area (Å²) in [6.07, 6.45) is 9.73. The monoisotopic (exact) mass is 396 g/mol. The lowest BCUT2D eigenvalue weighted by atomic mass is 9.78. The number of rotatable bonds is 3. The van der Waals surface area contributed by atoms with Gasteiger partial charge in [-0.05, 0) is 45.1 Å². The third-order valence-electron chi connectivity index (χ3n) is 6.84. The molecule has 1 atom stereocenters. The van der Waals surface area contributed by atoms with Crippen LogP contribution in [-0.2, 0) is 21.5 Å². The molecule has 1 spiro atoms. The fourth-order valence-corrected chi connectivity index (χ4v) is 4.98. The Bertz CT molecular complexity index is 935. The average Bonchev–Trinajstić information content (AvgIpc) is 3.31. The third-order valence-corrected chi connectivity index (χ3v) is 6.84. The van der Waals surface area contributed by atoms with Gasteiger partial charge in [0.1, 0.15) is 6.04 Å². The van der Waals surface area contributed by atoms with Gasteiger partial charge in [-0.25, -0.2) is 4.98 Å². The summed E-state index contributed by atoms with van der Waals surface area (Å²) in [5.41, 5.74) is 2.82. The summed E-state index contributed by atoms with van der Waals surface area (Å²) in [5, 5.41) is 4.30. The number of nitrogens with zero attached hydrogens (tertiary/aromatic N) is 5. The zero-order valence-corrected chi connectivity index (χ0v) is 17.1. The number of aromatic nitrogens is 4. The smallest absolute Gasteiger partial charge is 0.247 e. The van der Waals surface area contributed by atoms with Crippen LogP contribution in [0.2, 0.25) is 0 Å². The molecule has 2 aromatic heterocycles. The Kier molecular flexibility index (Phi) is 4.26. The van der Waals surface area contributed by atoms with E-state index in [2.05, 4.69) is 20.0 Å². The van der Waals surface area contributed by atoms with Gasteiger partial charge in [0.2, 0.25) is 11.8 Å². The second-order valence-corrected chi connectivity index (χ2v) is 8.77. The van der Waals surface area contributed by atoms with Crippen molar-refractivity contribution in [2.45, 2.75) is 57.5 Å². The number of likely N-dealkylation sites (tertiary alicyclic amines) is 1. The lowest BCUT2D eigenvalue weighted by Crippen LogP contribution is -2.59. The van der Waals surface area contributed by atoms with Crippen molar-refractivity contribution in [3.05, 3.63) is 35.7 Å². The highest BCUT2D eigenvalue weighted by Crippen LogP contribution is 2.45. The normalized spacial score (nSPS) is 21.9. The Balaban J connectivity index is 1.37. The molecule has 4 heterocycles. The van der Waals surface area contributed by atoms with Gasteiger partial charge in [-0.1, -0.05) is 0 Å². The number of carbonyl (C=O) groups excluding carboxylic acids is 2. The molecule has 0 radical (unpaired) electrons. The van der Waals surface area contributed by atoms with E-state index in [1.807, 2.05) is 24.9 Å². The molecule has 2 fully saturated rings. The molecular formula is C21H28N6O2. The Morgan fingerprint density at radius 1 is 1.24 bits per heavy atom. The molecule has 2 amide bonds. The van der Waals surface area contributed by atoms with Crippen molar-refractivity contribution in [2.24, 2.45) is 5.92 Å². The second-order valence-electron chi connectivity index (χ2n) is 8.77. The molecule has 3 aliphatic rings. The number of fused-ring (bicyclic) bond motifs is 2. The van der Waals surface area contributed by atoms with Gasteiger partial charge in [-0.15, -0.1) is 0 Å². The Morgan fingerprint density at radius 2 is 2.00 bits per heavy atom. The van der Waals surface area contributed by atoms with E-state index in [1.165, 1.54) is 0 Å². The molecule has 1 N–H and O–H groups in total. The number of H-pyrrole nitrogens is 1.